The zero-order valence-corrected chi connectivity index (χ0v) is 8.69. The molecule has 1 fully saturated rings. The molecule has 1 atom stereocenters. The minimum Gasteiger partial charge on any atom is -0.355 e. The van der Waals surface area contributed by atoms with Crippen LogP contribution in [0.25, 0.3) is 0 Å². The molecule has 2 rings (SSSR count). The molecule has 0 saturated carbocycles. The first-order valence-electron chi connectivity index (χ1n) is 4.94. The predicted molar refractivity (Wildman–Crippen MR) is 54.9 cm³/mol. The second-order valence-corrected chi connectivity index (χ2v) is 4.41. The van der Waals surface area contributed by atoms with Gasteiger partial charge in [-0.25, -0.2) is 0 Å². The minimum absolute atomic E-state index is 0.0552. The standard InChI is InChI=1S/C12H16O2/c1-12(2)8-13-9-14-11(12)10-6-4-3-5-7-10/h3-7,11H,8-9H2,1-2H3/t11-/m0/s1. The molecule has 0 aromatic heterocycles. The van der Waals surface area contributed by atoms with E-state index in [4.69, 9.17) is 9.47 Å². The average molecular weight is 192 g/mol. The SMILES string of the molecule is CC1(C)COCO[C@H]1c1ccccc1. The molecule has 0 unspecified atom stereocenters. The van der Waals surface area contributed by atoms with E-state index >= 15 is 0 Å². The molecule has 1 aromatic rings. The van der Waals surface area contributed by atoms with Gasteiger partial charge in [0.2, 0.25) is 0 Å². The highest BCUT2D eigenvalue weighted by Crippen LogP contribution is 2.39. The molecule has 2 nitrogen and oxygen atoms in total. The number of rotatable bonds is 1. The Morgan fingerprint density at radius 2 is 1.93 bits per heavy atom. The van der Waals surface area contributed by atoms with E-state index in [0.717, 1.165) is 6.61 Å². The van der Waals surface area contributed by atoms with Crippen molar-refractivity contribution in [2.45, 2.75) is 20.0 Å². The van der Waals surface area contributed by atoms with Gasteiger partial charge in [-0.3, -0.25) is 0 Å². The summed E-state index contributed by atoms with van der Waals surface area (Å²) in [4.78, 5) is 0. The van der Waals surface area contributed by atoms with Crippen molar-refractivity contribution in [3.8, 4) is 0 Å². The minimum atomic E-state index is 0.0552. The van der Waals surface area contributed by atoms with Crippen molar-refractivity contribution >= 4 is 0 Å². The second-order valence-electron chi connectivity index (χ2n) is 4.41. The Morgan fingerprint density at radius 3 is 2.57 bits per heavy atom. The van der Waals surface area contributed by atoms with E-state index in [1.165, 1.54) is 5.56 Å². The van der Waals surface area contributed by atoms with Crippen LogP contribution in [0, 0.1) is 5.41 Å². The lowest BCUT2D eigenvalue weighted by molar-refractivity contribution is -0.202. The van der Waals surface area contributed by atoms with Gasteiger partial charge in [0.05, 0.1) is 12.7 Å². The summed E-state index contributed by atoms with van der Waals surface area (Å²) in [6.07, 6.45) is 0.150. The Kier molecular flexibility index (Phi) is 2.57. The predicted octanol–water partition coefficient (Wildman–Crippen LogP) is 2.76. The molecule has 0 bridgehead atoms. The normalized spacial score (nSPS) is 26.0. The molecule has 1 saturated heterocycles. The zero-order chi connectivity index (χ0) is 10.0. The van der Waals surface area contributed by atoms with Crippen LogP contribution in [-0.4, -0.2) is 13.4 Å². The Labute approximate surface area is 84.8 Å². The fraction of sp³-hybridized carbons (Fsp3) is 0.500. The lowest BCUT2D eigenvalue weighted by atomic mass is 9.83. The van der Waals surface area contributed by atoms with Crippen LogP contribution in [-0.2, 0) is 9.47 Å². The molecule has 1 aromatic carbocycles. The van der Waals surface area contributed by atoms with Crippen LogP contribution in [0.2, 0.25) is 0 Å². The molecule has 14 heavy (non-hydrogen) atoms. The van der Waals surface area contributed by atoms with E-state index in [1.807, 2.05) is 18.2 Å². The third kappa shape index (κ3) is 1.81. The van der Waals surface area contributed by atoms with Gasteiger partial charge in [-0.2, -0.15) is 0 Å². The van der Waals surface area contributed by atoms with Crippen LogP contribution in [0.15, 0.2) is 30.3 Å². The first-order valence-corrected chi connectivity index (χ1v) is 4.94. The van der Waals surface area contributed by atoms with Crippen molar-refractivity contribution in [2.24, 2.45) is 5.41 Å². The summed E-state index contributed by atoms with van der Waals surface area (Å²) in [6, 6.07) is 10.3. The van der Waals surface area contributed by atoms with E-state index in [0.29, 0.717) is 6.79 Å². The van der Waals surface area contributed by atoms with Crippen LogP contribution < -0.4 is 0 Å². The van der Waals surface area contributed by atoms with Crippen LogP contribution in [0.4, 0.5) is 0 Å². The Balaban J connectivity index is 2.24. The topological polar surface area (TPSA) is 18.5 Å². The summed E-state index contributed by atoms with van der Waals surface area (Å²) >= 11 is 0. The van der Waals surface area contributed by atoms with Gasteiger partial charge in [0, 0.05) is 5.41 Å². The van der Waals surface area contributed by atoms with Gasteiger partial charge in [0.15, 0.2) is 0 Å². The monoisotopic (exact) mass is 192 g/mol. The molecular formula is C12H16O2. The summed E-state index contributed by atoms with van der Waals surface area (Å²) in [5, 5.41) is 0. The van der Waals surface area contributed by atoms with Crippen molar-refractivity contribution in [3.05, 3.63) is 35.9 Å². The molecule has 1 aliphatic rings. The van der Waals surface area contributed by atoms with Crippen molar-refractivity contribution in [2.75, 3.05) is 13.4 Å². The number of ether oxygens (including phenoxy) is 2. The maximum atomic E-state index is 5.66. The van der Waals surface area contributed by atoms with Crippen molar-refractivity contribution in [1.29, 1.82) is 0 Å². The molecule has 0 amide bonds. The highest BCUT2D eigenvalue weighted by atomic mass is 16.7. The van der Waals surface area contributed by atoms with Crippen molar-refractivity contribution in [3.63, 3.8) is 0 Å². The fourth-order valence-electron chi connectivity index (χ4n) is 1.90. The highest BCUT2D eigenvalue weighted by Gasteiger charge is 2.35. The zero-order valence-electron chi connectivity index (χ0n) is 8.69. The summed E-state index contributed by atoms with van der Waals surface area (Å²) in [5.41, 5.74) is 1.29. The van der Waals surface area contributed by atoms with Gasteiger partial charge in [-0.1, -0.05) is 44.2 Å². The maximum absolute atomic E-state index is 5.66. The smallest absolute Gasteiger partial charge is 0.147 e. The molecule has 1 aliphatic heterocycles. The van der Waals surface area contributed by atoms with Crippen LogP contribution >= 0.6 is 0 Å². The first kappa shape index (κ1) is 9.69. The molecule has 1 heterocycles. The lowest BCUT2D eigenvalue weighted by Gasteiger charge is -2.38. The van der Waals surface area contributed by atoms with Gasteiger partial charge in [0.1, 0.15) is 6.79 Å². The Bertz CT molecular complexity index is 292. The van der Waals surface area contributed by atoms with Gasteiger partial charge in [-0.15, -0.1) is 0 Å². The third-order valence-electron chi connectivity index (χ3n) is 2.60. The number of hydrogen-bond donors (Lipinski definition) is 0. The van der Waals surface area contributed by atoms with Crippen molar-refractivity contribution in [1.82, 2.24) is 0 Å². The largest absolute Gasteiger partial charge is 0.355 e. The Hall–Kier alpha value is -0.860. The lowest BCUT2D eigenvalue weighted by Crippen LogP contribution is -2.35. The average Bonchev–Trinajstić information content (AvgIpc) is 2.18. The molecule has 0 spiro atoms. The molecule has 0 aliphatic carbocycles. The van der Waals surface area contributed by atoms with Gasteiger partial charge in [0.25, 0.3) is 0 Å². The Morgan fingerprint density at radius 1 is 1.21 bits per heavy atom. The number of benzene rings is 1. The molecule has 0 N–H and O–H groups in total. The van der Waals surface area contributed by atoms with Gasteiger partial charge < -0.3 is 9.47 Å². The maximum Gasteiger partial charge on any atom is 0.147 e. The van der Waals surface area contributed by atoms with Crippen molar-refractivity contribution < 1.29 is 9.47 Å². The van der Waals surface area contributed by atoms with E-state index < -0.39 is 0 Å². The van der Waals surface area contributed by atoms with Gasteiger partial charge in [-0.05, 0) is 5.56 Å². The van der Waals surface area contributed by atoms with Crippen LogP contribution in [0.3, 0.4) is 0 Å². The van der Waals surface area contributed by atoms with E-state index in [-0.39, 0.29) is 11.5 Å². The van der Waals surface area contributed by atoms with E-state index in [9.17, 15) is 0 Å². The van der Waals surface area contributed by atoms with Gasteiger partial charge >= 0.3 is 0 Å². The summed E-state index contributed by atoms with van der Waals surface area (Å²) in [7, 11) is 0. The molecular weight excluding hydrogens is 176 g/mol. The quantitative estimate of drug-likeness (QED) is 0.681. The summed E-state index contributed by atoms with van der Waals surface area (Å²) < 4.78 is 11.0. The van der Waals surface area contributed by atoms with Crippen LogP contribution in [0.1, 0.15) is 25.5 Å². The summed E-state index contributed by atoms with van der Waals surface area (Å²) in [6.45, 7) is 5.50. The molecule has 0 radical (unpaired) electrons. The number of hydrogen-bond acceptors (Lipinski definition) is 2. The molecule has 76 valence electrons. The second kappa shape index (κ2) is 3.71. The fourth-order valence-corrected chi connectivity index (χ4v) is 1.90. The first-order chi connectivity index (χ1) is 6.70. The van der Waals surface area contributed by atoms with E-state index in [2.05, 4.69) is 26.0 Å². The highest BCUT2D eigenvalue weighted by molar-refractivity contribution is 5.19. The third-order valence-corrected chi connectivity index (χ3v) is 2.60. The summed E-state index contributed by atoms with van der Waals surface area (Å²) in [5.74, 6) is 0. The van der Waals surface area contributed by atoms with Crippen LogP contribution in [0.5, 0.6) is 0 Å². The molecule has 2 heteroatoms. The van der Waals surface area contributed by atoms with E-state index in [1.54, 1.807) is 0 Å².